The normalized spacial score (nSPS) is 12.5. The lowest BCUT2D eigenvalue weighted by atomic mass is 10.1. The smallest absolute Gasteiger partial charge is 0.146 e. The van der Waals surface area contributed by atoms with Crippen LogP contribution in [-0.2, 0) is 11.3 Å². The number of para-hydroxylation sites is 1. The maximum absolute atomic E-state index is 13.9. The zero-order valence-electron chi connectivity index (χ0n) is 10.7. The molecule has 1 unspecified atom stereocenters. The van der Waals surface area contributed by atoms with E-state index < -0.39 is 0 Å². The molecular formula is C13H21FN2O. The fraction of sp³-hybridized carbons (Fsp3) is 0.538. The van der Waals surface area contributed by atoms with Gasteiger partial charge in [0.15, 0.2) is 0 Å². The molecule has 4 heteroatoms. The first-order valence-electron chi connectivity index (χ1n) is 5.88. The summed E-state index contributed by atoms with van der Waals surface area (Å²) in [7, 11) is 1.65. The number of benzene rings is 1. The van der Waals surface area contributed by atoms with E-state index in [1.54, 1.807) is 13.2 Å². The van der Waals surface area contributed by atoms with Crippen LogP contribution in [0.3, 0.4) is 0 Å². The summed E-state index contributed by atoms with van der Waals surface area (Å²) in [5.74, 6) is -0.224. The Morgan fingerprint density at radius 3 is 2.71 bits per heavy atom. The van der Waals surface area contributed by atoms with Crippen molar-refractivity contribution in [2.45, 2.75) is 26.4 Å². The molecule has 0 heterocycles. The van der Waals surface area contributed by atoms with Gasteiger partial charge in [-0.15, -0.1) is 0 Å². The maximum atomic E-state index is 13.9. The summed E-state index contributed by atoms with van der Waals surface area (Å²) in [6, 6.07) is 5.14. The standard InChI is InChI=1S/C13H21FN2O/c1-4-16(10(2)9-17-3)13-11(8-15)6-5-7-12(13)14/h5-7,10H,4,8-9,15H2,1-3H3. The second-order valence-electron chi connectivity index (χ2n) is 4.04. The molecule has 1 rings (SSSR count). The fourth-order valence-corrected chi connectivity index (χ4v) is 2.07. The fourth-order valence-electron chi connectivity index (χ4n) is 2.07. The summed E-state index contributed by atoms with van der Waals surface area (Å²) in [5, 5.41) is 0. The Kier molecular flexibility index (Phi) is 5.38. The number of rotatable bonds is 6. The number of ether oxygens (including phenoxy) is 1. The number of nitrogens with zero attached hydrogens (tertiary/aromatic N) is 1. The van der Waals surface area contributed by atoms with Crippen molar-refractivity contribution in [1.82, 2.24) is 0 Å². The van der Waals surface area contributed by atoms with Crippen LogP contribution >= 0.6 is 0 Å². The molecule has 0 bridgehead atoms. The van der Waals surface area contributed by atoms with Gasteiger partial charge in [0.1, 0.15) is 5.82 Å². The van der Waals surface area contributed by atoms with E-state index in [-0.39, 0.29) is 11.9 Å². The Morgan fingerprint density at radius 1 is 1.47 bits per heavy atom. The van der Waals surface area contributed by atoms with Crippen molar-refractivity contribution in [3.63, 3.8) is 0 Å². The summed E-state index contributed by atoms with van der Waals surface area (Å²) >= 11 is 0. The van der Waals surface area contributed by atoms with Crippen LogP contribution in [0.15, 0.2) is 18.2 Å². The molecule has 0 radical (unpaired) electrons. The predicted octanol–water partition coefficient (Wildman–Crippen LogP) is 2.15. The van der Waals surface area contributed by atoms with Gasteiger partial charge in [0.05, 0.1) is 12.3 Å². The van der Waals surface area contributed by atoms with Gasteiger partial charge < -0.3 is 15.4 Å². The summed E-state index contributed by atoms with van der Waals surface area (Å²) in [4.78, 5) is 1.99. The average Bonchev–Trinajstić information content (AvgIpc) is 2.32. The third-order valence-electron chi connectivity index (χ3n) is 2.86. The van der Waals surface area contributed by atoms with Gasteiger partial charge in [-0.1, -0.05) is 12.1 Å². The predicted molar refractivity (Wildman–Crippen MR) is 68.6 cm³/mol. The Hall–Kier alpha value is -1.13. The van der Waals surface area contributed by atoms with Gasteiger partial charge in [-0.25, -0.2) is 4.39 Å². The molecule has 0 spiro atoms. The molecule has 2 N–H and O–H groups in total. The van der Waals surface area contributed by atoms with E-state index in [1.165, 1.54) is 6.07 Å². The number of hydrogen-bond acceptors (Lipinski definition) is 3. The topological polar surface area (TPSA) is 38.5 Å². The average molecular weight is 240 g/mol. The molecule has 0 saturated heterocycles. The van der Waals surface area contributed by atoms with Crippen molar-refractivity contribution in [3.05, 3.63) is 29.6 Å². The van der Waals surface area contributed by atoms with E-state index in [0.717, 1.165) is 12.1 Å². The number of methoxy groups -OCH3 is 1. The van der Waals surface area contributed by atoms with Crippen molar-refractivity contribution in [3.8, 4) is 0 Å². The SMILES string of the molecule is CCN(c1c(F)cccc1CN)C(C)COC. The first kappa shape index (κ1) is 13.9. The summed E-state index contributed by atoms with van der Waals surface area (Å²) in [6.45, 7) is 5.63. The molecule has 0 amide bonds. The van der Waals surface area contributed by atoms with Crippen LogP contribution in [-0.4, -0.2) is 26.3 Å². The monoisotopic (exact) mass is 240 g/mol. The van der Waals surface area contributed by atoms with Crippen molar-refractivity contribution in [2.75, 3.05) is 25.2 Å². The van der Waals surface area contributed by atoms with Gasteiger partial charge in [0, 0.05) is 26.2 Å². The highest BCUT2D eigenvalue weighted by molar-refractivity contribution is 5.55. The molecule has 17 heavy (non-hydrogen) atoms. The summed E-state index contributed by atoms with van der Waals surface area (Å²) < 4.78 is 19.1. The van der Waals surface area contributed by atoms with Gasteiger partial charge in [-0.05, 0) is 25.5 Å². The third kappa shape index (κ3) is 3.17. The molecule has 0 aliphatic rings. The quantitative estimate of drug-likeness (QED) is 0.828. The van der Waals surface area contributed by atoms with E-state index >= 15 is 0 Å². The molecular weight excluding hydrogens is 219 g/mol. The number of likely N-dealkylation sites (N-methyl/N-ethyl adjacent to an activating group) is 1. The van der Waals surface area contributed by atoms with Crippen LogP contribution in [0, 0.1) is 5.82 Å². The Labute approximate surface area is 102 Å². The molecule has 1 aromatic carbocycles. The largest absolute Gasteiger partial charge is 0.383 e. The number of hydrogen-bond donors (Lipinski definition) is 1. The van der Waals surface area contributed by atoms with Gasteiger partial charge in [0.25, 0.3) is 0 Å². The molecule has 0 aliphatic heterocycles. The second kappa shape index (κ2) is 6.57. The van der Waals surface area contributed by atoms with Gasteiger partial charge in [-0.3, -0.25) is 0 Å². The zero-order chi connectivity index (χ0) is 12.8. The molecule has 0 fully saturated rings. The van der Waals surface area contributed by atoms with Crippen molar-refractivity contribution < 1.29 is 9.13 Å². The number of anilines is 1. The van der Waals surface area contributed by atoms with Crippen molar-refractivity contribution >= 4 is 5.69 Å². The molecule has 96 valence electrons. The molecule has 0 aromatic heterocycles. The Bertz CT molecular complexity index is 357. The van der Waals surface area contributed by atoms with E-state index in [4.69, 9.17) is 10.5 Å². The second-order valence-corrected chi connectivity index (χ2v) is 4.04. The third-order valence-corrected chi connectivity index (χ3v) is 2.86. The minimum Gasteiger partial charge on any atom is -0.383 e. The minimum absolute atomic E-state index is 0.118. The van der Waals surface area contributed by atoms with Crippen molar-refractivity contribution in [2.24, 2.45) is 5.73 Å². The van der Waals surface area contributed by atoms with E-state index in [1.807, 2.05) is 24.8 Å². The summed E-state index contributed by atoms with van der Waals surface area (Å²) in [5.41, 5.74) is 7.09. The summed E-state index contributed by atoms with van der Waals surface area (Å²) in [6.07, 6.45) is 0. The highest BCUT2D eigenvalue weighted by Crippen LogP contribution is 2.26. The molecule has 1 atom stereocenters. The zero-order valence-corrected chi connectivity index (χ0v) is 10.7. The minimum atomic E-state index is -0.224. The van der Waals surface area contributed by atoms with E-state index in [2.05, 4.69) is 0 Å². The highest BCUT2D eigenvalue weighted by atomic mass is 19.1. The Morgan fingerprint density at radius 2 is 2.18 bits per heavy atom. The van der Waals surface area contributed by atoms with E-state index in [9.17, 15) is 4.39 Å². The highest BCUT2D eigenvalue weighted by Gasteiger charge is 2.19. The van der Waals surface area contributed by atoms with Crippen LogP contribution in [0.25, 0.3) is 0 Å². The molecule has 0 aliphatic carbocycles. The van der Waals surface area contributed by atoms with Crippen molar-refractivity contribution in [1.29, 1.82) is 0 Å². The first-order chi connectivity index (χ1) is 8.15. The van der Waals surface area contributed by atoms with Crippen LogP contribution in [0.4, 0.5) is 10.1 Å². The van der Waals surface area contributed by atoms with E-state index in [0.29, 0.717) is 18.8 Å². The van der Waals surface area contributed by atoms with Gasteiger partial charge in [-0.2, -0.15) is 0 Å². The maximum Gasteiger partial charge on any atom is 0.146 e. The first-order valence-corrected chi connectivity index (χ1v) is 5.88. The number of halogens is 1. The molecule has 0 saturated carbocycles. The van der Waals surface area contributed by atoms with Crippen LogP contribution in [0.5, 0.6) is 0 Å². The Balaban J connectivity index is 3.10. The molecule has 1 aromatic rings. The van der Waals surface area contributed by atoms with Gasteiger partial charge in [0.2, 0.25) is 0 Å². The van der Waals surface area contributed by atoms with Gasteiger partial charge >= 0.3 is 0 Å². The lowest BCUT2D eigenvalue weighted by Crippen LogP contribution is -2.37. The number of nitrogens with two attached hydrogens (primary N) is 1. The van der Waals surface area contributed by atoms with Crippen LogP contribution < -0.4 is 10.6 Å². The van der Waals surface area contributed by atoms with Crippen LogP contribution in [0.2, 0.25) is 0 Å². The van der Waals surface area contributed by atoms with Crippen LogP contribution in [0.1, 0.15) is 19.4 Å². The lowest BCUT2D eigenvalue weighted by Gasteiger charge is -2.31. The lowest BCUT2D eigenvalue weighted by molar-refractivity contribution is 0.181. The molecule has 3 nitrogen and oxygen atoms in total.